The van der Waals surface area contributed by atoms with E-state index in [-0.39, 0.29) is 6.09 Å². The van der Waals surface area contributed by atoms with Gasteiger partial charge in [0.2, 0.25) is 0 Å². The maximum atomic E-state index is 12.2. The van der Waals surface area contributed by atoms with Crippen molar-refractivity contribution < 1.29 is 9.53 Å². The molecular formula is C16H23N3O2. The molecule has 0 spiro atoms. The maximum absolute atomic E-state index is 12.2. The summed E-state index contributed by atoms with van der Waals surface area (Å²) in [6, 6.07) is 2.04. The van der Waals surface area contributed by atoms with Crippen LogP contribution in [0.3, 0.4) is 0 Å². The molecular weight excluding hydrogens is 266 g/mol. The third-order valence-corrected chi connectivity index (χ3v) is 3.86. The SMILES string of the molecule is CC(C)(C)OC(=O)N1CCc2cc(N)c(C3CC3)nc2C1. The van der Waals surface area contributed by atoms with E-state index in [1.54, 1.807) is 4.90 Å². The lowest BCUT2D eigenvalue weighted by molar-refractivity contribution is 0.0221. The van der Waals surface area contributed by atoms with Crippen molar-refractivity contribution in [2.75, 3.05) is 12.3 Å². The molecule has 1 aromatic rings. The van der Waals surface area contributed by atoms with Gasteiger partial charge in [-0.25, -0.2) is 4.79 Å². The summed E-state index contributed by atoms with van der Waals surface area (Å²) in [6.45, 7) is 6.82. The highest BCUT2D eigenvalue weighted by molar-refractivity contribution is 5.68. The Balaban J connectivity index is 1.78. The van der Waals surface area contributed by atoms with E-state index in [4.69, 9.17) is 15.5 Å². The lowest BCUT2D eigenvalue weighted by Crippen LogP contribution is -2.40. The average molecular weight is 289 g/mol. The smallest absolute Gasteiger partial charge is 0.410 e. The van der Waals surface area contributed by atoms with E-state index in [1.165, 1.54) is 12.8 Å². The number of nitrogens with zero attached hydrogens (tertiary/aromatic N) is 2. The van der Waals surface area contributed by atoms with Gasteiger partial charge < -0.3 is 15.4 Å². The molecule has 0 radical (unpaired) electrons. The van der Waals surface area contributed by atoms with Crippen LogP contribution < -0.4 is 5.73 Å². The van der Waals surface area contributed by atoms with Gasteiger partial charge in [-0.3, -0.25) is 4.98 Å². The second-order valence-electron chi connectivity index (χ2n) is 6.99. The van der Waals surface area contributed by atoms with Gasteiger partial charge in [0.1, 0.15) is 5.60 Å². The van der Waals surface area contributed by atoms with E-state index >= 15 is 0 Å². The van der Waals surface area contributed by atoms with Gasteiger partial charge in [0.05, 0.1) is 23.6 Å². The highest BCUT2D eigenvalue weighted by Crippen LogP contribution is 2.42. The summed E-state index contributed by atoms with van der Waals surface area (Å²) in [5.74, 6) is 0.521. The van der Waals surface area contributed by atoms with Crippen molar-refractivity contribution in [1.82, 2.24) is 9.88 Å². The van der Waals surface area contributed by atoms with Gasteiger partial charge in [-0.15, -0.1) is 0 Å². The number of hydrogen-bond acceptors (Lipinski definition) is 4. The number of nitrogen functional groups attached to an aromatic ring is 1. The molecule has 1 amide bonds. The van der Waals surface area contributed by atoms with Gasteiger partial charge in [-0.2, -0.15) is 0 Å². The number of carbonyl (C=O) groups is 1. The highest BCUT2D eigenvalue weighted by Gasteiger charge is 2.31. The number of amides is 1. The van der Waals surface area contributed by atoms with Crippen molar-refractivity contribution in [3.63, 3.8) is 0 Å². The molecule has 21 heavy (non-hydrogen) atoms. The van der Waals surface area contributed by atoms with Crippen molar-refractivity contribution in [1.29, 1.82) is 0 Å². The number of ether oxygens (including phenoxy) is 1. The number of carbonyl (C=O) groups excluding carboxylic acids is 1. The first-order chi connectivity index (χ1) is 9.83. The Morgan fingerprint density at radius 1 is 1.43 bits per heavy atom. The predicted octanol–water partition coefficient (Wildman–Crippen LogP) is 2.83. The first-order valence-electron chi connectivity index (χ1n) is 7.59. The van der Waals surface area contributed by atoms with E-state index in [2.05, 4.69) is 0 Å². The van der Waals surface area contributed by atoms with Crippen LogP contribution in [-0.2, 0) is 17.7 Å². The van der Waals surface area contributed by atoms with Gasteiger partial charge in [-0.1, -0.05) is 0 Å². The fraction of sp³-hybridized carbons (Fsp3) is 0.625. The molecule has 2 aliphatic rings. The lowest BCUT2D eigenvalue weighted by Gasteiger charge is -2.31. The summed E-state index contributed by atoms with van der Waals surface area (Å²) in [7, 11) is 0. The minimum absolute atomic E-state index is 0.264. The third kappa shape index (κ3) is 3.12. The minimum atomic E-state index is -0.467. The molecule has 114 valence electrons. The molecule has 1 aromatic heterocycles. The van der Waals surface area contributed by atoms with Crippen LogP contribution in [0.25, 0.3) is 0 Å². The van der Waals surface area contributed by atoms with Gasteiger partial charge in [0.25, 0.3) is 0 Å². The number of hydrogen-bond donors (Lipinski definition) is 1. The summed E-state index contributed by atoms with van der Waals surface area (Å²) < 4.78 is 5.44. The van der Waals surface area contributed by atoms with E-state index in [0.29, 0.717) is 19.0 Å². The van der Waals surface area contributed by atoms with Crippen LogP contribution in [-0.4, -0.2) is 28.1 Å². The topological polar surface area (TPSA) is 68.5 Å². The molecule has 5 heteroatoms. The van der Waals surface area contributed by atoms with Gasteiger partial charge in [-0.05, 0) is 51.7 Å². The molecule has 2 heterocycles. The Kier molecular flexibility index (Phi) is 3.30. The van der Waals surface area contributed by atoms with Crippen molar-refractivity contribution in [2.45, 2.75) is 58.1 Å². The summed E-state index contributed by atoms with van der Waals surface area (Å²) in [5, 5.41) is 0. The van der Waals surface area contributed by atoms with E-state index in [0.717, 1.165) is 29.1 Å². The Morgan fingerprint density at radius 2 is 2.14 bits per heavy atom. The van der Waals surface area contributed by atoms with E-state index in [1.807, 2.05) is 26.8 Å². The first-order valence-corrected chi connectivity index (χ1v) is 7.59. The monoisotopic (exact) mass is 289 g/mol. The summed E-state index contributed by atoms with van der Waals surface area (Å²) in [6.07, 6.45) is 2.87. The zero-order valence-corrected chi connectivity index (χ0v) is 13.0. The second kappa shape index (κ2) is 4.90. The molecule has 3 rings (SSSR count). The molecule has 1 saturated carbocycles. The highest BCUT2D eigenvalue weighted by atomic mass is 16.6. The zero-order chi connectivity index (χ0) is 15.2. The van der Waals surface area contributed by atoms with Crippen molar-refractivity contribution in [3.8, 4) is 0 Å². The van der Waals surface area contributed by atoms with Crippen molar-refractivity contribution in [2.24, 2.45) is 0 Å². The quantitative estimate of drug-likeness (QED) is 0.863. The Bertz CT molecular complexity index is 574. The third-order valence-electron chi connectivity index (χ3n) is 3.86. The van der Waals surface area contributed by atoms with Crippen molar-refractivity contribution >= 4 is 11.8 Å². The van der Waals surface area contributed by atoms with Crippen LogP contribution in [0.2, 0.25) is 0 Å². The summed E-state index contributed by atoms with van der Waals surface area (Å²) in [4.78, 5) is 18.6. The molecule has 0 bridgehead atoms. The summed E-state index contributed by atoms with van der Waals surface area (Å²) in [5.41, 5.74) is 9.59. The molecule has 1 aliphatic carbocycles. The Labute approximate surface area is 125 Å². The standard InChI is InChI=1S/C16H23N3O2/c1-16(2,3)21-15(20)19-7-6-11-8-12(17)14(10-4-5-10)18-13(11)9-19/h8,10H,4-7,9,17H2,1-3H3. The normalized spacial score (nSPS) is 18.3. The van der Waals surface area contributed by atoms with Gasteiger partial charge in [0.15, 0.2) is 0 Å². The van der Waals surface area contributed by atoms with E-state index in [9.17, 15) is 4.79 Å². The number of anilines is 1. The molecule has 5 nitrogen and oxygen atoms in total. The molecule has 0 atom stereocenters. The van der Waals surface area contributed by atoms with Gasteiger partial charge >= 0.3 is 6.09 Å². The Hall–Kier alpha value is -1.78. The predicted molar refractivity (Wildman–Crippen MR) is 81.0 cm³/mol. The number of aromatic nitrogens is 1. The van der Waals surface area contributed by atoms with Crippen LogP contribution >= 0.6 is 0 Å². The van der Waals surface area contributed by atoms with Gasteiger partial charge in [0, 0.05) is 12.5 Å². The number of pyridine rings is 1. The average Bonchev–Trinajstić information content (AvgIpc) is 3.19. The zero-order valence-electron chi connectivity index (χ0n) is 13.0. The number of nitrogens with two attached hydrogens (primary N) is 1. The fourth-order valence-electron chi connectivity index (χ4n) is 2.66. The summed E-state index contributed by atoms with van der Waals surface area (Å²) >= 11 is 0. The fourth-order valence-corrected chi connectivity index (χ4v) is 2.66. The largest absolute Gasteiger partial charge is 0.444 e. The first kappa shape index (κ1) is 14.2. The van der Waals surface area contributed by atoms with Crippen LogP contribution in [0.15, 0.2) is 6.07 Å². The molecule has 0 unspecified atom stereocenters. The molecule has 0 aromatic carbocycles. The molecule has 1 aliphatic heterocycles. The molecule has 1 fully saturated rings. The number of rotatable bonds is 1. The van der Waals surface area contributed by atoms with Crippen LogP contribution in [0.5, 0.6) is 0 Å². The molecule has 2 N–H and O–H groups in total. The van der Waals surface area contributed by atoms with E-state index < -0.39 is 5.60 Å². The van der Waals surface area contributed by atoms with Crippen LogP contribution in [0, 0.1) is 0 Å². The lowest BCUT2D eigenvalue weighted by atomic mass is 10.0. The molecule has 0 saturated heterocycles. The Morgan fingerprint density at radius 3 is 2.76 bits per heavy atom. The second-order valence-corrected chi connectivity index (χ2v) is 6.99. The maximum Gasteiger partial charge on any atom is 0.410 e. The number of fused-ring (bicyclic) bond motifs is 1. The van der Waals surface area contributed by atoms with Crippen LogP contribution in [0.1, 0.15) is 56.5 Å². The van der Waals surface area contributed by atoms with Crippen molar-refractivity contribution in [3.05, 3.63) is 23.0 Å². The minimum Gasteiger partial charge on any atom is -0.444 e. The van der Waals surface area contributed by atoms with Crippen LogP contribution in [0.4, 0.5) is 10.5 Å².